The van der Waals surface area contributed by atoms with Gasteiger partial charge in [0.05, 0.1) is 12.3 Å². The molecule has 0 aliphatic heterocycles. The highest BCUT2D eigenvalue weighted by Gasteiger charge is 2.05. The molecule has 0 unspecified atom stereocenters. The first-order chi connectivity index (χ1) is 11.1. The largest absolute Gasteiger partial charge is 0.492 e. The van der Waals surface area contributed by atoms with Crippen molar-refractivity contribution >= 4 is 40.3 Å². The number of para-hydroxylation sites is 2. The Hall–Kier alpha value is -2.60. The highest BCUT2D eigenvalue weighted by Crippen LogP contribution is 2.24. The monoisotopic (exact) mass is 329 g/mol. The molecular formula is C17H19N3O2S. The zero-order valence-corrected chi connectivity index (χ0v) is 13.9. The summed E-state index contributed by atoms with van der Waals surface area (Å²) in [6, 6.07) is 14.9. The summed E-state index contributed by atoms with van der Waals surface area (Å²) in [5, 5.41) is 9.39. The zero-order chi connectivity index (χ0) is 16.7. The number of ether oxygens (including phenoxy) is 1. The van der Waals surface area contributed by atoms with E-state index in [1.54, 1.807) is 12.1 Å². The quantitative estimate of drug-likeness (QED) is 0.727. The molecule has 23 heavy (non-hydrogen) atoms. The van der Waals surface area contributed by atoms with E-state index in [4.69, 9.17) is 17.0 Å². The van der Waals surface area contributed by atoms with Crippen LogP contribution in [-0.4, -0.2) is 17.6 Å². The highest BCUT2D eigenvalue weighted by molar-refractivity contribution is 7.80. The molecule has 2 aromatic carbocycles. The van der Waals surface area contributed by atoms with Crippen LogP contribution in [0, 0.1) is 0 Å². The molecule has 0 heterocycles. The van der Waals surface area contributed by atoms with E-state index >= 15 is 0 Å². The third kappa shape index (κ3) is 5.27. The van der Waals surface area contributed by atoms with Crippen LogP contribution in [0.25, 0.3) is 0 Å². The highest BCUT2D eigenvalue weighted by atomic mass is 32.1. The number of thiocarbonyl (C=S) groups is 1. The van der Waals surface area contributed by atoms with Crippen molar-refractivity contribution in [3.63, 3.8) is 0 Å². The topological polar surface area (TPSA) is 62.4 Å². The normalized spacial score (nSPS) is 9.83. The average molecular weight is 329 g/mol. The molecule has 5 nitrogen and oxygen atoms in total. The molecule has 0 radical (unpaired) electrons. The second kappa shape index (κ2) is 8.14. The smallest absolute Gasteiger partial charge is 0.221 e. The number of amides is 1. The van der Waals surface area contributed by atoms with E-state index in [1.165, 1.54) is 6.92 Å². The summed E-state index contributed by atoms with van der Waals surface area (Å²) in [4.78, 5) is 11.0. The van der Waals surface area contributed by atoms with E-state index in [9.17, 15) is 4.79 Å². The van der Waals surface area contributed by atoms with Crippen LogP contribution in [0.3, 0.4) is 0 Å². The summed E-state index contributed by atoms with van der Waals surface area (Å²) in [6.45, 7) is 3.99. The Morgan fingerprint density at radius 2 is 1.61 bits per heavy atom. The van der Waals surface area contributed by atoms with Gasteiger partial charge in [-0.15, -0.1) is 0 Å². The van der Waals surface area contributed by atoms with Gasteiger partial charge in [0.25, 0.3) is 0 Å². The maximum Gasteiger partial charge on any atom is 0.221 e. The minimum Gasteiger partial charge on any atom is -0.492 e. The lowest BCUT2D eigenvalue weighted by Crippen LogP contribution is -2.19. The van der Waals surface area contributed by atoms with E-state index in [0.717, 1.165) is 22.8 Å². The van der Waals surface area contributed by atoms with Crippen molar-refractivity contribution in [3.8, 4) is 5.75 Å². The summed E-state index contributed by atoms with van der Waals surface area (Å²) in [7, 11) is 0. The van der Waals surface area contributed by atoms with Gasteiger partial charge in [-0.1, -0.05) is 12.1 Å². The number of anilines is 3. The first-order valence-corrected chi connectivity index (χ1v) is 7.67. The van der Waals surface area contributed by atoms with Gasteiger partial charge in [0, 0.05) is 18.3 Å². The first-order valence-electron chi connectivity index (χ1n) is 7.26. The predicted octanol–water partition coefficient (Wildman–Crippen LogP) is 3.85. The van der Waals surface area contributed by atoms with E-state index in [2.05, 4.69) is 16.0 Å². The Kier molecular flexibility index (Phi) is 5.94. The van der Waals surface area contributed by atoms with E-state index in [1.807, 2.05) is 43.3 Å². The number of hydrogen-bond acceptors (Lipinski definition) is 3. The van der Waals surface area contributed by atoms with Crippen molar-refractivity contribution in [3.05, 3.63) is 48.5 Å². The number of hydrogen-bond donors (Lipinski definition) is 3. The van der Waals surface area contributed by atoms with Gasteiger partial charge in [-0.3, -0.25) is 4.79 Å². The molecule has 120 valence electrons. The number of carbonyl (C=O) groups is 1. The van der Waals surface area contributed by atoms with Gasteiger partial charge in [-0.25, -0.2) is 0 Å². The van der Waals surface area contributed by atoms with Crippen molar-refractivity contribution in [2.24, 2.45) is 0 Å². The van der Waals surface area contributed by atoms with Crippen molar-refractivity contribution in [2.75, 3.05) is 22.6 Å². The Labute approximate surface area is 141 Å². The van der Waals surface area contributed by atoms with Crippen molar-refractivity contribution < 1.29 is 9.53 Å². The van der Waals surface area contributed by atoms with Gasteiger partial charge in [0.15, 0.2) is 5.11 Å². The molecule has 3 N–H and O–H groups in total. The standard InChI is InChI=1S/C17H19N3O2S/c1-3-22-16-7-5-4-6-15(16)20-17(23)19-14-10-8-13(9-11-14)18-12(2)21/h4-11H,3H2,1-2H3,(H,18,21)(H2,19,20,23). The average Bonchev–Trinajstić information content (AvgIpc) is 2.51. The molecular weight excluding hydrogens is 310 g/mol. The lowest BCUT2D eigenvalue weighted by atomic mass is 10.2. The molecule has 0 bridgehead atoms. The van der Waals surface area contributed by atoms with Gasteiger partial charge in [0.2, 0.25) is 5.91 Å². The van der Waals surface area contributed by atoms with Crippen LogP contribution in [0.4, 0.5) is 17.1 Å². The Morgan fingerprint density at radius 1 is 1.00 bits per heavy atom. The molecule has 0 spiro atoms. The maximum atomic E-state index is 11.0. The van der Waals surface area contributed by atoms with Crippen molar-refractivity contribution in [1.29, 1.82) is 0 Å². The number of nitrogens with one attached hydrogen (secondary N) is 3. The van der Waals surface area contributed by atoms with E-state index < -0.39 is 0 Å². The van der Waals surface area contributed by atoms with Crippen LogP contribution >= 0.6 is 12.2 Å². The minimum atomic E-state index is -0.101. The molecule has 0 aliphatic rings. The molecule has 0 saturated heterocycles. The van der Waals surface area contributed by atoms with Crippen LogP contribution in [-0.2, 0) is 4.79 Å². The molecule has 0 fully saturated rings. The van der Waals surface area contributed by atoms with Gasteiger partial charge in [-0.2, -0.15) is 0 Å². The Bertz CT molecular complexity index is 686. The molecule has 2 aromatic rings. The Balaban J connectivity index is 1.98. The molecule has 2 rings (SSSR count). The van der Waals surface area contributed by atoms with Gasteiger partial charge < -0.3 is 20.7 Å². The summed E-state index contributed by atoms with van der Waals surface area (Å²) in [6.07, 6.45) is 0. The predicted molar refractivity (Wildman–Crippen MR) is 98.2 cm³/mol. The Morgan fingerprint density at radius 3 is 2.22 bits per heavy atom. The summed E-state index contributed by atoms with van der Waals surface area (Å²) < 4.78 is 5.55. The number of carbonyl (C=O) groups excluding carboxylic acids is 1. The first kappa shape index (κ1) is 16.8. The second-order valence-corrected chi connectivity index (χ2v) is 5.18. The fraction of sp³-hybridized carbons (Fsp3) is 0.176. The molecule has 0 atom stereocenters. The van der Waals surface area contributed by atoms with Gasteiger partial charge in [-0.05, 0) is 55.5 Å². The SMILES string of the molecule is CCOc1ccccc1NC(=S)Nc1ccc(NC(C)=O)cc1. The minimum absolute atomic E-state index is 0.101. The van der Waals surface area contributed by atoms with Crippen molar-refractivity contribution in [2.45, 2.75) is 13.8 Å². The number of rotatable bonds is 5. The van der Waals surface area contributed by atoms with Crippen LogP contribution in [0.15, 0.2) is 48.5 Å². The molecule has 1 amide bonds. The van der Waals surface area contributed by atoms with Crippen molar-refractivity contribution in [1.82, 2.24) is 0 Å². The molecule has 6 heteroatoms. The van der Waals surface area contributed by atoms with Gasteiger partial charge >= 0.3 is 0 Å². The lowest BCUT2D eigenvalue weighted by molar-refractivity contribution is -0.114. The van der Waals surface area contributed by atoms with Crippen LogP contribution in [0.2, 0.25) is 0 Å². The second-order valence-electron chi connectivity index (χ2n) is 4.77. The summed E-state index contributed by atoms with van der Waals surface area (Å²) >= 11 is 5.32. The fourth-order valence-corrected chi connectivity index (χ4v) is 2.20. The third-order valence-corrected chi connectivity index (χ3v) is 3.10. The molecule has 0 aliphatic carbocycles. The summed E-state index contributed by atoms with van der Waals surface area (Å²) in [5.74, 6) is 0.649. The van der Waals surface area contributed by atoms with Crippen LogP contribution < -0.4 is 20.7 Å². The maximum absolute atomic E-state index is 11.0. The molecule has 0 saturated carbocycles. The van der Waals surface area contributed by atoms with Gasteiger partial charge in [0.1, 0.15) is 5.75 Å². The van der Waals surface area contributed by atoms with Crippen LogP contribution in [0.1, 0.15) is 13.8 Å². The van der Waals surface area contributed by atoms with E-state index in [-0.39, 0.29) is 5.91 Å². The third-order valence-electron chi connectivity index (χ3n) is 2.90. The fourth-order valence-electron chi connectivity index (χ4n) is 1.98. The number of benzene rings is 2. The molecule has 0 aromatic heterocycles. The lowest BCUT2D eigenvalue weighted by Gasteiger charge is -2.14. The van der Waals surface area contributed by atoms with Crippen LogP contribution in [0.5, 0.6) is 5.75 Å². The zero-order valence-electron chi connectivity index (χ0n) is 13.1. The summed E-state index contributed by atoms with van der Waals surface area (Å²) in [5.41, 5.74) is 2.37. The van der Waals surface area contributed by atoms with E-state index in [0.29, 0.717) is 11.7 Å².